The van der Waals surface area contributed by atoms with Crippen LogP contribution in [0.1, 0.15) is 20.3 Å². The summed E-state index contributed by atoms with van der Waals surface area (Å²) in [5.41, 5.74) is 0. The van der Waals surface area contributed by atoms with Crippen molar-refractivity contribution in [3.05, 3.63) is 0 Å². The fourth-order valence-corrected chi connectivity index (χ4v) is 0.937. The van der Waals surface area contributed by atoms with Crippen molar-refractivity contribution < 1.29 is 18.9 Å². The molecule has 2 saturated heterocycles. The van der Waals surface area contributed by atoms with Crippen LogP contribution in [0.25, 0.3) is 0 Å². The lowest BCUT2D eigenvalue weighted by atomic mass is 10.5. The summed E-state index contributed by atoms with van der Waals surface area (Å²) in [5, 5.41) is 0. The second-order valence-corrected chi connectivity index (χ2v) is 3.65. The first-order valence-corrected chi connectivity index (χ1v) is 5.75. The van der Waals surface area contributed by atoms with Crippen molar-refractivity contribution in [2.45, 2.75) is 32.5 Å². The SMILES string of the molecule is CCCOCC1CO1.CCOCC1CO1. The van der Waals surface area contributed by atoms with Gasteiger partial charge in [0.25, 0.3) is 0 Å². The van der Waals surface area contributed by atoms with Crippen molar-refractivity contribution in [1.82, 2.24) is 0 Å². The minimum absolute atomic E-state index is 0.431. The fraction of sp³-hybridized carbons (Fsp3) is 1.00. The molecule has 2 fully saturated rings. The molecule has 0 bridgehead atoms. The van der Waals surface area contributed by atoms with Crippen LogP contribution in [0, 0.1) is 0 Å². The van der Waals surface area contributed by atoms with Gasteiger partial charge in [-0.3, -0.25) is 0 Å². The lowest BCUT2D eigenvalue weighted by Crippen LogP contribution is -2.01. The Morgan fingerprint density at radius 2 is 1.53 bits per heavy atom. The molecule has 4 heteroatoms. The summed E-state index contributed by atoms with van der Waals surface area (Å²) in [6, 6.07) is 0. The first-order valence-electron chi connectivity index (χ1n) is 5.75. The summed E-state index contributed by atoms with van der Waals surface area (Å²) >= 11 is 0. The number of hydrogen-bond acceptors (Lipinski definition) is 4. The molecule has 0 N–H and O–H groups in total. The minimum Gasteiger partial charge on any atom is -0.379 e. The monoisotopic (exact) mass is 218 g/mol. The Morgan fingerprint density at radius 1 is 1.00 bits per heavy atom. The van der Waals surface area contributed by atoms with Crippen LogP contribution in [0.5, 0.6) is 0 Å². The maximum atomic E-state index is 5.18. The third-order valence-corrected chi connectivity index (χ3v) is 1.96. The highest BCUT2D eigenvalue weighted by molar-refractivity contribution is 4.67. The van der Waals surface area contributed by atoms with Gasteiger partial charge in [-0.1, -0.05) is 6.92 Å². The Balaban J connectivity index is 0.000000151. The summed E-state index contributed by atoms with van der Waals surface area (Å²) in [6.07, 6.45) is 1.97. The zero-order valence-corrected chi connectivity index (χ0v) is 9.74. The summed E-state index contributed by atoms with van der Waals surface area (Å²) in [5.74, 6) is 0. The summed E-state index contributed by atoms with van der Waals surface area (Å²) < 4.78 is 20.0. The molecule has 2 heterocycles. The van der Waals surface area contributed by atoms with Gasteiger partial charge >= 0.3 is 0 Å². The van der Waals surface area contributed by atoms with Gasteiger partial charge in [-0.15, -0.1) is 0 Å². The highest BCUT2D eigenvalue weighted by atomic mass is 16.6. The van der Waals surface area contributed by atoms with Gasteiger partial charge in [-0.25, -0.2) is 0 Å². The Labute approximate surface area is 91.8 Å². The van der Waals surface area contributed by atoms with Crippen LogP contribution >= 0.6 is 0 Å². The first kappa shape index (κ1) is 12.9. The van der Waals surface area contributed by atoms with Crippen LogP contribution in [0.4, 0.5) is 0 Å². The number of ether oxygens (including phenoxy) is 4. The first-order chi connectivity index (χ1) is 7.36. The van der Waals surface area contributed by atoms with Gasteiger partial charge in [0.1, 0.15) is 12.2 Å². The van der Waals surface area contributed by atoms with Crippen molar-refractivity contribution >= 4 is 0 Å². The van der Waals surface area contributed by atoms with Gasteiger partial charge in [0.2, 0.25) is 0 Å². The molecule has 0 radical (unpaired) electrons. The fourth-order valence-electron chi connectivity index (χ4n) is 0.937. The maximum Gasteiger partial charge on any atom is 0.104 e. The van der Waals surface area contributed by atoms with Crippen LogP contribution < -0.4 is 0 Å². The molecule has 0 aromatic rings. The predicted octanol–water partition coefficient (Wildman–Crippen LogP) is 1.23. The molecule has 2 rings (SSSR count). The molecule has 0 spiro atoms. The maximum absolute atomic E-state index is 5.18. The molecule has 0 amide bonds. The third kappa shape index (κ3) is 8.81. The van der Waals surface area contributed by atoms with E-state index in [4.69, 9.17) is 18.9 Å². The van der Waals surface area contributed by atoms with Gasteiger partial charge in [0, 0.05) is 13.2 Å². The van der Waals surface area contributed by atoms with E-state index in [0.717, 1.165) is 46.1 Å². The standard InChI is InChI=1S/C6H12O2.C5H10O2/c1-2-3-7-4-6-5-8-6;1-2-6-3-5-4-7-5/h6H,2-5H2,1H3;5H,2-4H2,1H3. The lowest BCUT2D eigenvalue weighted by molar-refractivity contribution is 0.117. The van der Waals surface area contributed by atoms with E-state index in [2.05, 4.69) is 6.92 Å². The average Bonchev–Trinajstić information content (AvgIpc) is 3.11. The molecule has 0 saturated carbocycles. The number of hydrogen-bond donors (Lipinski definition) is 0. The molecule has 2 aliphatic heterocycles. The topological polar surface area (TPSA) is 43.5 Å². The second-order valence-electron chi connectivity index (χ2n) is 3.65. The quantitative estimate of drug-likeness (QED) is 0.476. The second kappa shape index (κ2) is 8.05. The number of rotatable bonds is 7. The average molecular weight is 218 g/mol. The predicted molar refractivity (Wildman–Crippen MR) is 57.1 cm³/mol. The number of epoxide rings is 2. The van der Waals surface area contributed by atoms with Crippen molar-refractivity contribution in [2.75, 3.05) is 39.6 Å². The van der Waals surface area contributed by atoms with E-state index in [1.165, 1.54) is 0 Å². The van der Waals surface area contributed by atoms with Gasteiger partial charge in [-0.2, -0.15) is 0 Å². The smallest absolute Gasteiger partial charge is 0.104 e. The van der Waals surface area contributed by atoms with E-state index in [9.17, 15) is 0 Å². The molecular weight excluding hydrogens is 196 g/mol. The lowest BCUT2D eigenvalue weighted by Gasteiger charge is -1.95. The van der Waals surface area contributed by atoms with Crippen LogP contribution in [-0.2, 0) is 18.9 Å². The van der Waals surface area contributed by atoms with E-state index in [0.29, 0.717) is 12.2 Å². The molecule has 0 aromatic carbocycles. The van der Waals surface area contributed by atoms with E-state index in [1.54, 1.807) is 0 Å². The van der Waals surface area contributed by atoms with Gasteiger partial charge in [0.05, 0.1) is 26.4 Å². The molecule has 2 atom stereocenters. The molecule has 15 heavy (non-hydrogen) atoms. The Hall–Kier alpha value is -0.160. The Bertz CT molecular complexity index is 144. The van der Waals surface area contributed by atoms with E-state index in [1.807, 2.05) is 6.92 Å². The van der Waals surface area contributed by atoms with Crippen LogP contribution in [0.15, 0.2) is 0 Å². The van der Waals surface area contributed by atoms with Gasteiger partial charge in [-0.05, 0) is 13.3 Å². The van der Waals surface area contributed by atoms with Gasteiger partial charge in [0.15, 0.2) is 0 Å². The van der Waals surface area contributed by atoms with E-state index >= 15 is 0 Å². The highest BCUT2D eigenvalue weighted by Gasteiger charge is 2.22. The zero-order chi connectivity index (χ0) is 10.9. The molecule has 0 aromatic heterocycles. The normalized spacial score (nSPS) is 26.8. The van der Waals surface area contributed by atoms with Crippen LogP contribution in [0.2, 0.25) is 0 Å². The molecule has 4 nitrogen and oxygen atoms in total. The van der Waals surface area contributed by atoms with Crippen LogP contribution in [-0.4, -0.2) is 51.8 Å². The Morgan fingerprint density at radius 3 is 1.93 bits per heavy atom. The molecule has 2 aliphatic rings. The summed E-state index contributed by atoms with van der Waals surface area (Å²) in [6.45, 7) is 9.17. The van der Waals surface area contributed by atoms with Crippen LogP contribution in [0.3, 0.4) is 0 Å². The van der Waals surface area contributed by atoms with Crippen molar-refractivity contribution in [1.29, 1.82) is 0 Å². The minimum atomic E-state index is 0.431. The largest absolute Gasteiger partial charge is 0.379 e. The highest BCUT2D eigenvalue weighted by Crippen LogP contribution is 2.08. The molecule has 0 aliphatic carbocycles. The van der Waals surface area contributed by atoms with Gasteiger partial charge < -0.3 is 18.9 Å². The van der Waals surface area contributed by atoms with E-state index < -0.39 is 0 Å². The van der Waals surface area contributed by atoms with E-state index in [-0.39, 0.29) is 0 Å². The molecular formula is C11H22O4. The summed E-state index contributed by atoms with van der Waals surface area (Å²) in [4.78, 5) is 0. The van der Waals surface area contributed by atoms with Crippen molar-refractivity contribution in [3.8, 4) is 0 Å². The Kier molecular flexibility index (Phi) is 6.92. The third-order valence-electron chi connectivity index (χ3n) is 1.96. The molecule has 90 valence electrons. The summed E-state index contributed by atoms with van der Waals surface area (Å²) in [7, 11) is 0. The van der Waals surface area contributed by atoms with Crippen molar-refractivity contribution in [3.63, 3.8) is 0 Å². The molecule has 2 unspecified atom stereocenters. The zero-order valence-electron chi connectivity index (χ0n) is 9.74. The van der Waals surface area contributed by atoms with Crippen molar-refractivity contribution in [2.24, 2.45) is 0 Å².